The SMILES string of the molecule is CCOCCCC(=O)Nc1[nH]ncc1C#N. The molecule has 0 unspecified atom stereocenters. The Balaban J connectivity index is 2.32. The van der Waals surface area contributed by atoms with Crippen LogP contribution in [0.3, 0.4) is 0 Å². The fourth-order valence-electron chi connectivity index (χ4n) is 1.15. The first-order chi connectivity index (χ1) is 7.77. The largest absolute Gasteiger partial charge is 0.382 e. The van der Waals surface area contributed by atoms with Gasteiger partial charge in [0.15, 0.2) is 0 Å². The molecule has 0 aliphatic heterocycles. The molecule has 6 heteroatoms. The van der Waals surface area contributed by atoms with Crippen molar-refractivity contribution >= 4 is 11.7 Å². The maximum Gasteiger partial charge on any atom is 0.225 e. The molecule has 0 saturated heterocycles. The van der Waals surface area contributed by atoms with E-state index in [4.69, 9.17) is 10.00 Å². The molecule has 1 heterocycles. The molecule has 0 fully saturated rings. The number of H-pyrrole nitrogens is 1. The number of hydrogen-bond acceptors (Lipinski definition) is 4. The molecule has 0 bridgehead atoms. The number of aromatic amines is 1. The minimum absolute atomic E-state index is 0.152. The van der Waals surface area contributed by atoms with Gasteiger partial charge in [-0.25, -0.2) is 0 Å². The highest BCUT2D eigenvalue weighted by Gasteiger charge is 2.07. The molecule has 86 valence electrons. The van der Waals surface area contributed by atoms with Crippen LogP contribution in [0.5, 0.6) is 0 Å². The van der Waals surface area contributed by atoms with Crippen LogP contribution in [0.25, 0.3) is 0 Å². The van der Waals surface area contributed by atoms with E-state index in [1.165, 1.54) is 6.20 Å². The van der Waals surface area contributed by atoms with Gasteiger partial charge in [0.05, 0.1) is 6.20 Å². The molecule has 1 rings (SSSR count). The summed E-state index contributed by atoms with van der Waals surface area (Å²) in [6.07, 6.45) is 2.40. The van der Waals surface area contributed by atoms with E-state index >= 15 is 0 Å². The zero-order valence-electron chi connectivity index (χ0n) is 9.12. The van der Waals surface area contributed by atoms with Gasteiger partial charge in [0.25, 0.3) is 0 Å². The predicted molar refractivity (Wildman–Crippen MR) is 57.7 cm³/mol. The minimum atomic E-state index is -0.152. The average Bonchev–Trinajstić information content (AvgIpc) is 2.71. The van der Waals surface area contributed by atoms with Crippen LogP contribution in [0.15, 0.2) is 6.20 Å². The summed E-state index contributed by atoms with van der Waals surface area (Å²) in [5.41, 5.74) is 0.332. The molecule has 1 aromatic rings. The first-order valence-corrected chi connectivity index (χ1v) is 5.09. The second-order valence-corrected chi connectivity index (χ2v) is 3.12. The van der Waals surface area contributed by atoms with Crippen molar-refractivity contribution in [2.24, 2.45) is 0 Å². The minimum Gasteiger partial charge on any atom is -0.382 e. The van der Waals surface area contributed by atoms with Crippen LogP contribution in [0.1, 0.15) is 25.3 Å². The Morgan fingerprint density at radius 1 is 1.75 bits per heavy atom. The van der Waals surface area contributed by atoms with E-state index in [1.807, 2.05) is 13.0 Å². The van der Waals surface area contributed by atoms with E-state index in [-0.39, 0.29) is 5.91 Å². The van der Waals surface area contributed by atoms with Crippen LogP contribution in [-0.4, -0.2) is 29.3 Å². The smallest absolute Gasteiger partial charge is 0.225 e. The highest BCUT2D eigenvalue weighted by atomic mass is 16.5. The molecule has 0 aliphatic carbocycles. The third-order valence-corrected chi connectivity index (χ3v) is 1.92. The van der Waals surface area contributed by atoms with Gasteiger partial charge in [-0.15, -0.1) is 0 Å². The topological polar surface area (TPSA) is 90.8 Å². The van der Waals surface area contributed by atoms with E-state index in [1.54, 1.807) is 0 Å². The normalized spacial score (nSPS) is 9.75. The van der Waals surface area contributed by atoms with Crippen molar-refractivity contribution in [2.45, 2.75) is 19.8 Å². The molecule has 0 spiro atoms. The zero-order valence-corrected chi connectivity index (χ0v) is 9.12. The molecule has 0 aromatic carbocycles. The fourth-order valence-corrected chi connectivity index (χ4v) is 1.15. The number of carbonyl (C=O) groups excluding carboxylic acids is 1. The predicted octanol–water partition coefficient (Wildman–Crippen LogP) is 1.04. The summed E-state index contributed by atoms with van der Waals surface area (Å²) in [6, 6.07) is 1.92. The van der Waals surface area contributed by atoms with Crippen molar-refractivity contribution in [3.63, 3.8) is 0 Å². The van der Waals surface area contributed by atoms with Crippen LogP contribution in [0, 0.1) is 11.3 Å². The Morgan fingerprint density at radius 2 is 2.56 bits per heavy atom. The monoisotopic (exact) mass is 222 g/mol. The summed E-state index contributed by atoms with van der Waals surface area (Å²) in [4.78, 5) is 11.4. The maximum atomic E-state index is 11.4. The van der Waals surface area contributed by atoms with Gasteiger partial charge < -0.3 is 10.1 Å². The van der Waals surface area contributed by atoms with Gasteiger partial charge in [-0.2, -0.15) is 10.4 Å². The lowest BCUT2D eigenvalue weighted by atomic mass is 10.3. The molecule has 16 heavy (non-hydrogen) atoms. The van der Waals surface area contributed by atoms with E-state index in [2.05, 4.69) is 15.5 Å². The standard InChI is InChI=1S/C10H14N4O2/c1-2-16-5-3-4-9(15)13-10-8(6-11)7-12-14-10/h7H,2-5H2,1H3,(H2,12,13,14,15). The van der Waals surface area contributed by atoms with Crippen LogP contribution < -0.4 is 5.32 Å². The second-order valence-electron chi connectivity index (χ2n) is 3.12. The Labute approximate surface area is 93.6 Å². The highest BCUT2D eigenvalue weighted by Crippen LogP contribution is 2.09. The molecule has 2 N–H and O–H groups in total. The van der Waals surface area contributed by atoms with Gasteiger partial charge in [0.2, 0.25) is 5.91 Å². The van der Waals surface area contributed by atoms with Crippen molar-refractivity contribution < 1.29 is 9.53 Å². The van der Waals surface area contributed by atoms with Crippen molar-refractivity contribution in [2.75, 3.05) is 18.5 Å². The number of nitrogens with zero attached hydrogens (tertiary/aromatic N) is 2. The number of rotatable bonds is 6. The summed E-state index contributed by atoms with van der Waals surface area (Å²) < 4.78 is 5.11. The molecular formula is C10H14N4O2. The quantitative estimate of drug-likeness (QED) is 0.703. The van der Waals surface area contributed by atoms with Gasteiger partial charge in [0, 0.05) is 19.6 Å². The number of aromatic nitrogens is 2. The third kappa shape index (κ3) is 3.71. The van der Waals surface area contributed by atoms with Crippen LogP contribution >= 0.6 is 0 Å². The van der Waals surface area contributed by atoms with Gasteiger partial charge in [-0.05, 0) is 13.3 Å². The van der Waals surface area contributed by atoms with E-state index in [9.17, 15) is 4.79 Å². The Bertz CT molecular complexity index is 380. The molecule has 0 saturated carbocycles. The first kappa shape index (κ1) is 12.2. The van der Waals surface area contributed by atoms with Crippen molar-refractivity contribution in [1.82, 2.24) is 10.2 Å². The molecule has 1 aromatic heterocycles. The van der Waals surface area contributed by atoms with E-state index < -0.39 is 0 Å². The Hall–Kier alpha value is -1.87. The lowest BCUT2D eigenvalue weighted by molar-refractivity contribution is -0.116. The lowest BCUT2D eigenvalue weighted by Gasteiger charge is -2.03. The Kier molecular flexibility index (Phi) is 5.02. The van der Waals surface area contributed by atoms with Crippen LogP contribution in [-0.2, 0) is 9.53 Å². The number of ether oxygens (including phenoxy) is 1. The van der Waals surface area contributed by atoms with E-state index in [0.29, 0.717) is 37.4 Å². The van der Waals surface area contributed by atoms with Gasteiger partial charge in [-0.3, -0.25) is 9.89 Å². The van der Waals surface area contributed by atoms with Crippen molar-refractivity contribution in [3.05, 3.63) is 11.8 Å². The second kappa shape index (κ2) is 6.58. The number of amides is 1. The van der Waals surface area contributed by atoms with Gasteiger partial charge >= 0.3 is 0 Å². The van der Waals surface area contributed by atoms with Crippen LogP contribution in [0.2, 0.25) is 0 Å². The summed E-state index contributed by atoms with van der Waals surface area (Å²) in [7, 11) is 0. The number of anilines is 1. The molecule has 0 atom stereocenters. The molecular weight excluding hydrogens is 208 g/mol. The molecule has 1 amide bonds. The van der Waals surface area contributed by atoms with Crippen molar-refractivity contribution in [1.29, 1.82) is 5.26 Å². The summed E-state index contributed by atoms with van der Waals surface area (Å²) in [6.45, 7) is 3.13. The third-order valence-electron chi connectivity index (χ3n) is 1.92. The molecule has 6 nitrogen and oxygen atoms in total. The number of nitriles is 1. The van der Waals surface area contributed by atoms with Gasteiger partial charge in [0.1, 0.15) is 17.5 Å². The Morgan fingerprint density at radius 3 is 3.25 bits per heavy atom. The first-order valence-electron chi connectivity index (χ1n) is 5.09. The molecule has 0 aliphatic rings. The fraction of sp³-hybridized carbons (Fsp3) is 0.500. The number of carbonyl (C=O) groups is 1. The average molecular weight is 222 g/mol. The van der Waals surface area contributed by atoms with E-state index in [0.717, 1.165) is 0 Å². The van der Waals surface area contributed by atoms with Gasteiger partial charge in [-0.1, -0.05) is 0 Å². The molecule has 0 radical (unpaired) electrons. The number of nitrogens with one attached hydrogen (secondary N) is 2. The summed E-state index contributed by atoms with van der Waals surface area (Å²) in [5.74, 6) is 0.198. The van der Waals surface area contributed by atoms with Crippen molar-refractivity contribution in [3.8, 4) is 6.07 Å². The highest BCUT2D eigenvalue weighted by molar-refractivity contribution is 5.90. The zero-order chi connectivity index (χ0) is 11.8. The lowest BCUT2D eigenvalue weighted by Crippen LogP contribution is -2.13. The number of hydrogen-bond donors (Lipinski definition) is 2. The van der Waals surface area contributed by atoms with Crippen LogP contribution in [0.4, 0.5) is 5.82 Å². The maximum absolute atomic E-state index is 11.4. The summed E-state index contributed by atoms with van der Waals surface area (Å²) in [5, 5.41) is 17.5. The summed E-state index contributed by atoms with van der Waals surface area (Å²) >= 11 is 0.